The molecule has 136 valence electrons. The van der Waals surface area contributed by atoms with Gasteiger partial charge in [0.25, 0.3) is 0 Å². The minimum Gasteiger partial charge on any atom is -0.492 e. The van der Waals surface area contributed by atoms with Crippen LogP contribution in [0.25, 0.3) is 0 Å². The zero-order chi connectivity index (χ0) is 18.4. The van der Waals surface area contributed by atoms with Gasteiger partial charge < -0.3 is 19.9 Å². The second kappa shape index (κ2) is 8.38. The van der Waals surface area contributed by atoms with Crippen molar-refractivity contribution < 1.29 is 14.3 Å². The maximum Gasteiger partial charge on any atom is 0.317 e. The van der Waals surface area contributed by atoms with Crippen LogP contribution in [-0.4, -0.2) is 49.6 Å². The number of nitrogens with one attached hydrogen (secondary N) is 1. The van der Waals surface area contributed by atoms with Crippen molar-refractivity contribution in [1.82, 2.24) is 10.2 Å². The lowest BCUT2D eigenvalue weighted by atomic mass is 10.2. The zero-order valence-corrected chi connectivity index (χ0v) is 14.8. The molecule has 3 rings (SSSR count). The third kappa shape index (κ3) is 4.53. The lowest BCUT2D eigenvalue weighted by Gasteiger charge is -2.21. The average Bonchev–Trinajstić information content (AvgIpc) is 3.03. The largest absolute Gasteiger partial charge is 0.492 e. The molecule has 1 fully saturated rings. The van der Waals surface area contributed by atoms with Crippen LogP contribution < -0.4 is 15.0 Å². The number of hydrogen-bond acceptors (Lipinski definition) is 3. The minimum absolute atomic E-state index is 0.0246. The van der Waals surface area contributed by atoms with Gasteiger partial charge in [0.05, 0.1) is 12.6 Å². The van der Waals surface area contributed by atoms with E-state index in [1.165, 1.54) is 0 Å². The lowest BCUT2D eigenvalue weighted by Crippen LogP contribution is -2.45. The van der Waals surface area contributed by atoms with Crippen molar-refractivity contribution in [2.24, 2.45) is 0 Å². The fraction of sp³-hybridized carbons (Fsp3) is 0.300. The molecule has 2 aromatic rings. The summed E-state index contributed by atoms with van der Waals surface area (Å²) in [4.78, 5) is 27.8. The first kappa shape index (κ1) is 17.8. The third-order valence-electron chi connectivity index (χ3n) is 4.31. The van der Waals surface area contributed by atoms with Gasteiger partial charge in [-0.1, -0.05) is 36.4 Å². The van der Waals surface area contributed by atoms with E-state index >= 15 is 0 Å². The molecular formula is C20H23N3O3. The Morgan fingerprint density at radius 3 is 2.50 bits per heavy atom. The maximum atomic E-state index is 12.3. The molecule has 26 heavy (non-hydrogen) atoms. The number of urea groups is 1. The molecule has 0 radical (unpaired) electrons. The van der Waals surface area contributed by atoms with Gasteiger partial charge in [0.2, 0.25) is 5.91 Å². The van der Waals surface area contributed by atoms with Crippen LogP contribution in [0.2, 0.25) is 0 Å². The number of rotatable bonds is 6. The second-order valence-corrected chi connectivity index (χ2v) is 6.27. The molecule has 0 bridgehead atoms. The number of para-hydroxylation sites is 2. The van der Waals surface area contributed by atoms with Crippen LogP contribution in [0.3, 0.4) is 0 Å². The van der Waals surface area contributed by atoms with E-state index in [0.717, 1.165) is 11.4 Å². The maximum absolute atomic E-state index is 12.3. The quantitative estimate of drug-likeness (QED) is 0.868. The molecule has 6 nitrogen and oxygen atoms in total. The molecule has 1 N–H and O–H groups in total. The Balaban J connectivity index is 1.45. The van der Waals surface area contributed by atoms with Crippen molar-refractivity contribution in [3.05, 3.63) is 60.7 Å². The summed E-state index contributed by atoms with van der Waals surface area (Å²) in [7, 11) is 1.72. The molecule has 1 atom stereocenters. The topological polar surface area (TPSA) is 61.9 Å². The fourth-order valence-electron chi connectivity index (χ4n) is 2.87. The summed E-state index contributed by atoms with van der Waals surface area (Å²) >= 11 is 0. The molecule has 2 aromatic carbocycles. The highest BCUT2D eigenvalue weighted by molar-refractivity contribution is 5.96. The van der Waals surface area contributed by atoms with E-state index in [1.807, 2.05) is 60.7 Å². The molecule has 0 saturated carbocycles. The Morgan fingerprint density at radius 1 is 1.15 bits per heavy atom. The summed E-state index contributed by atoms with van der Waals surface area (Å²) in [6, 6.07) is 18.6. The predicted octanol–water partition coefficient (Wildman–Crippen LogP) is 2.51. The number of benzene rings is 2. The summed E-state index contributed by atoms with van der Waals surface area (Å²) in [5.74, 6) is 0.803. The molecule has 0 aromatic heterocycles. The third-order valence-corrected chi connectivity index (χ3v) is 4.31. The predicted molar refractivity (Wildman–Crippen MR) is 100 cm³/mol. The molecule has 1 unspecified atom stereocenters. The van der Waals surface area contributed by atoms with Crippen LogP contribution in [-0.2, 0) is 4.79 Å². The van der Waals surface area contributed by atoms with Crippen LogP contribution in [0, 0.1) is 0 Å². The number of carbonyl (C=O) groups excluding carboxylic acids is 2. The van der Waals surface area contributed by atoms with Crippen LogP contribution in [0.4, 0.5) is 10.5 Å². The standard InChI is InChI=1S/C20H23N3O3/c1-22(12-13-26-18-10-6-3-7-11-18)20(25)21-16-14-19(24)23(15-16)17-8-4-2-5-9-17/h2-11,16H,12-15H2,1H3,(H,21,25). The van der Waals surface area contributed by atoms with Crippen molar-refractivity contribution >= 4 is 17.6 Å². The summed E-state index contributed by atoms with van der Waals surface area (Å²) in [5, 5.41) is 2.93. The van der Waals surface area contributed by atoms with Gasteiger partial charge in [0.15, 0.2) is 0 Å². The number of ether oxygens (including phenoxy) is 1. The molecule has 1 heterocycles. The second-order valence-electron chi connectivity index (χ2n) is 6.27. The molecule has 0 spiro atoms. The van der Waals surface area contributed by atoms with E-state index in [2.05, 4.69) is 5.32 Å². The summed E-state index contributed by atoms with van der Waals surface area (Å²) < 4.78 is 5.60. The summed E-state index contributed by atoms with van der Waals surface area (Å²) in [6.07, 6.45) is 0.314. The first-order valence-corrected chi connectivity index (χ1v) is 8.68. The Kier molecular flexibility index (Phi) is 5.73. The van der Waals surface area contributed by atoms with Crippen molar-refractivity contribution in [3.8, 4) is 5.75 Å². The van der Waals surface area contributed by atoms with Crippen LogP contribution >= 0.6 is 0 Å². The Bertz CT molecular complexity index is 736. The van der Waals surface area contributed by atoms with Gasteiger partial charge in [-0.05, 0) is 24.3 Å². The minimum atomic E-state index is -0.200. The average molecular weight is 353 g/mol. The van der Waals surface area contributed by atoms with E-state index in [4.69, 9.17) is 4.74 Å². The number of nitrogens with zero attached hydrogens (tertiary/aromatic N) is 2. The fourth-order valence-corrected chi connectivity index (χ4v) is 2.87. The van der Waals surface area contributed by atoms with E-state index in [-0.39, 0.29) is 18.0 Å². The normalized spacial score (nSPS) is 16.4. The smallest absolute Gasteiger partial charge is 0.317 e. The number of likely N-dealkylation sites (N-methyl/N-ethyl adjacent to an activating group) is 1. The highest BCUT2D eigenvalue weighted by atomic mass is 16.5. The van der Waals surface area contributed by atoms with Crippen molar-refractivity contribution in [3.63, 3.8) is 0 Å². The van der Waals surface area contributed by atoms with E-state index < -0.39 is 0 Å². The van der Waals surface area contributed by atoms with Crippen molar-refractivity contribution in [2.75, 3.05) is 31.6 Å². The number of anilines is 1. The molecule has 1 aliphatic heterocycles. The monoisotopic (exact) mass is 353 g/mol. The highest BCUT2D eigenvalue weighted by Gasteiger charge is 2.31. The lowest BCUT2D eigenvalue weighted by molar-refractivity contribution is -0.117. The first-order valence-electron chi connectivity index (χ1n) is 8.68. The Morgan fingerprint density at radius 2 is 1.81 bits per heavy atom. The van der Waals surface area contributed by atoms with Crippen LogP contribution in [0.1, 0.15) is 6.42 Å². The first-order chi connectivity index (χ1) is 12.6. The highest BCUT2D eigenvalue weighted by Crippen LogP contribution is 2.21. The van der Waals surface area contributed by atoms with E-state index in [9.17, 15) is 9.59 Å². The number of amides is 3. The van der Waals surface area contributed by atoms with Gasteiger partial charge in [-0.3, -0.25) is 4.79 Å². The van der Waals surface area contributed by atoms with Gasteiger partial charge in [0.1, 0.15) is 12.4 Å². The number of hydrogen-bond donors (Lipinski definition) is 1. The van der Waals surface area contributed by atoms with Gasteiger partial charge in [0, 0.05) is 25.7 Å². The summed E-state index contributed by atoms with van der Waals surface area (Å²) in [5.41, 5.74) is 0.860. The molecule has 0 aliphatic carbocycles. The Labute approximate surface area is 153 Å². The van der Waals surface area contributed by atoms with Crippen LogP contribution in [0.15, 0.2) is 60.7 Å². The SMILES string of the molecule is CN(CCOc1ccccc1)C(=O)NC1CC(=O)N(c2ccccc2)C1. The van der Waals surface area contributed by atoms with Gasteiger partial charge >= 0.3 is 6.03 Å². The number of carbonyl (C=O) groups is 2. The van der Waals surface area contributed by atoms with Gasteiger partial charge in [-0.25, -0.2) is 4.79 Å². The molecule has 3 amide bonds. The molecule has 1 saturated heterocycles. The van der Waals surface area contributed by atoms with Crippen molar-refractivity contribution in [1.29, 1.82) is 0 Å². The summed E-state index contributed by atoms with van der Waals surface area (Å²) in [6.45, 7) is 1.36. The zero-order valence-electron chi connectivity index (χ0n) is 14.8. The van der Waals surface area contributed by atoms with E-state index in [0.29, 0.717) is 26.1 Å². The molecule has 1 aliphatic rings. The molecule has 6 heteroatoms. The van der Waals surface area contributed by atoms with Gasteiger partial charge in [-0.15, -0.1) is 0 Å². The van der Waals surface area contributed by atoms with Crippen molar-refractivity contribution in [2.45, 2.75) is 12.5 Å². The van der Waals surface area contributed by atoms with Crippen LogP contribution in [0.5, 0.6) is 5.75 Å². The van der Waals surface area contributed by atoms with Gasteiger partial charge in [-0.2, -0.15) is 0 Å². The van der Waals surface area contributed by atoms with E-state index in [1.54, 1.807) is 16.8 Å². The molecular weight excluding hydrogens is 330 g/mol. The Hall–Kier alpha value is -3.02.